The lowest BCUT2D eigenvalue weighted by Gasteiger charge is -2.05. The maximum atomic E-state index is 12.5. The summed E-state index contributed by atoms with van der Waals surface area (Å²) in [5, 5.41) is 7.31. The fourth-order valence-electron chi connectivity index (χ4n) is 2.94. The first-order valence-corrected chi connectivity index (χ1v) is 11.2. The number of rotatable bonds is 4. The minimum Gasteiger partial charge on any atom is -0.298 e. The first-order chi connectivity index (χ1) is 13.4. The molecule has 3 aromatic carbocycles. The van der Waals surface area contributed by atoms with E-state index in [1.54, 1.807) is 12.1 Å². The van der Waals surface area contributed by atoms with Gasteiger partial charge in [-0.25, -0.2) is 13.4 Å². The summed E-state index contributed by atoms with van der Waals surface area (Å²) in [7, 11) is -3.38. The van der Waals surface area contributed by atoms with Crippen LogP contribution in [-0.2, 0) is 9.84 Å². The minimum absolute atomic E-state index is 0.107. The number of aromatic nitrogens is 1. The number of anilines is 1. The van der Waals surface area contributed by atoms with Crippen molar-refractivity contribution in [2.75, 3.05) is 11.6 Å². The predicted octanol–water partition coefficient (Wildman–Crippen LogP) is 4.62. The van der Waals surface area contributed by atoms with Crippen molar-refractivity contribution in [2.45, 2.75) is 4.90 Å². The van der Waals surface area contributed by atoms with Crippen LogP contribution in [0.4, 0.5) is 5.13 Å². The van der Waals surface area contributed by atoms with Gasteiger partial charge < -0.3 is 0 Å². The van der Waals surface area contributed by atoms with Crippen LogP contribution in [0.3, 0.4) is 0 Å². The van der Waals surface area contributed by atoms with E-state index in [1.165, 1.54) is 23.5 Å². The molecule has 0 saturated carbocycles. The highest BCUT2D eigenvalue weighted by Gasteiger charge is 2.14. The number of thiazole rings is 1. The molecule has 0 aliphatic heterocycles. The van der Waals surface area contributed by atoms with Crippen LogP contribution in [0.5, 0.6) is 0 Å². The number of carbonyl (C=O) groups is 1. The second-order valence-corrected chi connectivity index (χ2v) is 9.19. The number of nitrogens with zero attached hydrogens (tertiary/aromatic N) is 1. The van der Waals surface area contributed by atoms with E-state index in [9.17, 15) is 13.2 Å². The van der Waals surface area contributed by atoms with Gasteiger partial charge in [0.1, 0.15) is 0 Å². The van der Waals surface area contributed by atoms with Crippen LogP contribution in [0.25, 0.3) is 22.0 Å². The number of nitrogens with one attached hydrogen (secondary N) is 1. The zero-order valence-electron chi connectivity index (χ0n) is 14.9. The normalized spacial score (nSPS) is 11.5. The Morgan fingerprint density at radius 2 is 1.75 bits per heavy atom. The quantitative estimate of drug-likeness (QED) is 0.535. The van der Waals surface area contributed by atoms with E-state index in [4.69, 9.17) is 0 Å². The van der Waals surface area contributed by atoms with Crippen molar-refractivity contribution in [2.24, 2.45) is 0 Å². The first-order valence-electron chi connectivity index (χ1n) is 8.47. The number of sulfone groups is 1. The van der Waals surface area contributed by atoms with E-state index < -0.39 is 15.7 Å². The van der Waals surface area contributed by atoms with Gasteiger partial charge in [-0.2, -0.15) is 0 Å². The Balaban J connectivity index is 1.61. The van der Waals surface area contributed by atoms with Crippen molar-refractivity contribution in [3.8, 4) is 11.3 Å². The summed E-state index contributed by atoms with van der Waals surface area (Å²) < 4.78 is 23.4. The molecular weight excluding hydrogens is 392 g/mol. The largest absolute Gasteiger partial charge is 0.298 e. The van der Waals surface area contributed by atoms with Crippen LogP contribution in [0.2, 0.25) is 0 Å². The van der Waals surface area contributed by atoms with Gasteiger partial charge in [0.2, 0.25) is 0 Å². The number of fused-ring (bicyclic) bond motifs is 1. The van der Waals surface area contributed by atoms with Crippen molar-refractivity contribution < 1.29 is 13.2 Å². The molecule has 0 atom stereocenters. The van der Waals surface area contributed by atoms with Crippen LogP contribution in [0.1, 0.15) is 10.4 Å². The second kappa shape index (κ2) is 7.18. The first kappa shape index (κ1) is 18.3. The van der Waals surface area contributed by atoms with Crippen LogP contribution in [-0.4, -0.2) is 25.6 Å². The molecule has 0 aliphatic carbocycles. The van der Waals surface area contributed by atoms with Crippen molar-refractivity contribution in [3.63, 3.8) is 0 Å². The summed E-state index contributed by atoms with van der Waals surface area (Å²) in [6, 6.07) is 20.0. The molecule has 7 heteroatoms. The van der Waals surface area contributed by atoms with E-state index >= 15 is 0 Å². The standard InChI is InChI=1S/C21H16N2O3S2/c1-28(25,26)16-9-4-8-15(12-16)20(24)23-21-22-19(13-27-21)18-11-5-7-14-6-2-3-10-17(14)18/h2-13H,1H3,(H,22,23,24). The molecule has 1 amide bonds. The molecule has 1 heterocycles. The average molecular weight is 409 g/mol. The highest BCUT2D eigenvalue weighted by Crippen LogP contribution is 2.31. The van der Waals surface area contributed by atoms with Crippen molar-refractivity contribution >= 4 is 43.0 Å². The van der Waals surface area contributed by atoms with E-state index in [0.717, 1.165) is 28.3 Å². The second-order valence-electron chi connectivity index (χ2n) is 6.32. The lowest BCUT2D eigenvalue weighted by atomic mass is 10.0. The molecule has 4 aromatic rings. The summed E-state index contributed by atoms with van der Waals surface area (Å²) in [5.41, 5.74) is 2.04. The fraction of sp³-hybridized carbons (Fsp3) is 0.0476. The third kappa shape index (κ3) is 3.67. The summed E-state index contributed by atoms with van der Waals surface area (Å²) in [6.07, 6.45) is 1.11. The summed E-state index contributed by atoms with van der Waals surface area (Å²) in [5.74, 6) is -0.399. The Morgan fingerprint density at radius 3 is 2.57 bits per heavy atom. The van der Waals surface area contributed by atoms with Gasteiger partial charge in [-0.05, 0) is 29.0 Å². The molecular formula is C21H16N2O3S2. The summed E-state index contributed by atoms with van der Waals surface area (Å²) in [6.45, 7) is 0. The van der Waals surface area contributed by atoms with Gasteiger partial charge in [0, 0.05) is 22.8 Å². The molecule has 4 rings (SSSR count). The molecule has 1 aromatic heterocycles. The van der Waals surface area contributed by atoms with E-state index in [2.05, 4.69) is 10.3 Å². The molecule has 140 valence electrons. The molecule has 1 N–H and O–H groups in total. The Kier molecular flexibility index (Phi) is 4.70. The summed E-state index contributed by atoms with van der Waals surface area (Å²) in [4.78, 5) is 17.2. The van der Waals surface area contributed by atoms with E-state index in [0.29, 0.717) is 5.13 Å². The lowest BCUT2D eigenvalue weighted by Crippen LogP contribution is -2.12. The number of hydrogen-bond donors (Lipinski definition) is 1. The fourth-order valence-corrected chi connectivity index (χ4v) is 4.31. The van der Waals surface area contributed by atoms with Crippen molar-refractivity contribution in [1.29, 1.82) is 0 Å². The zero-order chi connectivity index (χ0) is 19.7. The van der Waals surface area contributed by atoms with Gasteiger partial charge in [0.25, 0.3) is 5.91 Å². The highest BCUT2D eigenvalue weighted by molar-refractivity contribution is 7.90. The van der Waals surface area contributed by atoms with Crippen LogP contribution < -0.4 is 5.32 Å². The maximum absolute atomic E-state index is 12.5. The van der Waals surface area contributed by atoms with Gasteiger partial charge in [-0.3, -0.25) is 10.1 Å². The smallest absolute Gasteiger partial charge is 0.257 e. The number of benzene rings is 3. The molecule has 0 spiro atoms. The summed E-state index contributed by atoms with van der Waals surface area (Å²) >= 11 is 1.32. The van der Waals surface area contributed by atoms with Crippen LogP contribution >= 0.6 is 11.3 Å². The van der Waals surface area contributed by atoms with Crippen LogP contribution in [0.15, 0.2) is 77.0 Å². The monoisotopic (exact) mass is 408 g/mol. The van der Waals surface area contributed by atoms with E-state index in [1.807, 2.05) is 47.8 Å². The van der Waals surface area contributed by atoms with Crippen molar-refractivity contribution in [1.82, 2.24) is 4.98 Å². The Hall–Kier alpha value is -3.03. The molecule has 0 saturated heterocycles. The Morgan fingerprint density at radius 1 is 1.00 bits per heavy atom. The van der Waals surface area contributed by atoms with Crippen LogP contribution in [0, 0.1) is 0 Å². The zero-order valence-corrected chi connectivity index (χ0v) is 16.5. The molecule has 0 radical (unpaired) electrons. The third-order valence-electron chi connectivity index (χ3n) is 4.31. The molecule has 5 nitrogen and oxygen atoms in total. The van der Waals surface area contributed by atoms with Crippen molar-refractivity contribution in [3.05, 3.63) is 77.7 Å². The third-order valence-corrected chi connectivity index (χ3v) is 6.18. The number of hydrogen-bond acceptors (Lipinski definition) is 5. The average Bonchev–Trinajstić information content (AvgIpc) is 3.15. The highest BCUT2D eigenvalue weighted by atomic mass is 32.2. The van der Waals surface area contributed by atoms with Gasteiger partial charge >= 0.3 is 0 Å². The van der Waals surface area contributed by atoms with Gasteiger partial charge in [0.05, 0.1) is 10.6 Å². The maximum Gasteiger partial charge on any atom is 0.257 e. The minimum atomic E-state index is -3.38. The number of carbonyl (C=O) groups excluding carboxylic acids is 1. The van der Waals surface area contributed by atoms with Gasteiger partial charge in [-0.15, -0.1) is 11.3 Å². The molecule has 0 fully saturated rings. The van der Waals surface area contributed by atoms with Gasteiger partial charge in [0.15, 0.2) is 15.0 Å². The molecule has 0 bridgehead atoms. The number of amides is 1. The predicted molar refractivity (Wildman–Crippen MR) is 113 cm³/mol. The SMILES string of the molecule is CS(=O)(=O)c1cccc(C(=O)Nc2nc(-c3cccc4ccccc34)cs2)c1. The van der Waals surface area contributed by atoms with Gasteiger partial charge in [-0.1, -0.05) is 48.5 Å². The lowest BCUT2D eigenvalue weighted by molar-refractivity contribution is 0.102. The van der Waals surface area contributed by atoms with E-state index in [-0.39, 0.29) is 10.5 Å². The topological polar surface area (TPSA) is 76.1 Å². The Bertz CT molecular complexity index is 1290. The molecule has 28 heavy (non-hydrogen) atoms. The molecule has 0 aliphatic rings. The Labute approximate surface area is 166 Å². The molecule has 0 unspecified atom stereocenters.